The molecule has 3 nitrogen and oxygen atoms in total. The van der Waals surface area contributed by atoms with E-state index in [1.807, 2.05) is 6.20 Å². The predicted molar refractivity (Wildman–Crippen MR) is 69.8 cm³/mol. The third kappa shape index (κ3) is 1.94. The molecule has 1 saturated heterocycles. The maximum atomic E-state index is 6.01. The molecule has 1 aliphatic carbocycles. The van der Waals surface area contributed by atoms with Gasteiger partial charge in [0, 0.05) is 12.1 Å². The highest BCUT2D eigenvalue weighted by Crippen LogP contribution is 2.41. The van der Waals surface area contributed by atoms with Crippen LogP contribution in [0.3, 0.4) is 0 Å². The molecule has 0 radical (unpaired) electrons. The van der Waals surface area contributed by atoms with Crippen molar-refractivity contribution in [2.75, 3.05) is 0 Å². The van der Waals surface area contributed by atoms with Gasteiger partial charge in [-0.05, 0) is 40.5 Å². The molecule has 0 amide bonds. The minimum absolute atomic E-state index is 0.245. The van der Waals surface area contributed by atoms with E-state index in [0.29, 0.717) is 5.92 Å². The fourth-order valence-corrected chi connectivity index (χ4v) is 2.94. The van der Waals surface area contributed by atoms with E-state index in [4.69, 9.17) is 9.31 Å². The molecule has 3 rings (SSSR count). The standard InChI is InChI=1S/C12H18BNO2S/c1-11(2)12(3,4)16-13(15-11)9-7-14-10(17-9)8-5-6-8/h7-8H,5-6H2,1-4H3. The van der Waals surface area contributed by atoms with E-state index in [0.717, 1.165) is 4.78 Å². The Morgan fingerprint density at radius 1 is 1.24 bits per heavy atom. The first-order valence-electron chi connectivity index (χ1n) is 6.20. The van der Waals surface area contributed by atoms with Crippen LogP contribution < -0.4 is 4.78 Å². The summed E-state index contributed by atoms with van der Waals surface area (Å²) in [6, 6.07) is 0. The first-order valence-corrected chi connectivity index (χ1v) is 7.02. The highest BCUT2D eigenvalue weighted by atomic mass is 32.1. The number of thiazole rings is 1. The van der Waals surface area contributed by atoms with E-state index in [9.17, 15) is 0 Å². The zero-order valence-electron chi connectivity index (χ0n) is 10.8. The summed E-state index contributed by atoms with van der Waals surface area (Å²) in [7, 11) is -0.245. The first-order chi connectivity index (χ1) is 7.89. The van der Waals surface area contributed by atoms with Gasteiger partial charge < -0.3 is 9.31 Å². The van der Waals surface area contributed by atoms with Crippen molar-refractivity contribution >= 4 is 23.2 Å². The van der Waals surface area contributed by atoms with Crippen LogP contribution in [0.25, 0.3) is 0 Å². The second kappa shape index (κ2) is 3.56. The van der Waals surface area contributed by atoms with Crippen LogP contribution in [0.2, 0.25) is 0 Å². The molecule has 1 saturated carbocycles. The number of rotatable bonds is 2. The van der Waals surface area contributed by atoms with E-state index >= 15 is 0 Å². The van der Waals surface area contributed by atoms with Crippen molar-refractivity contribution in [3.8, 4) is 0 Å². The lowest BCUT2D eigenvalue weighted by atomic mass is 9.89. The van der Waals surface area contributed by atoms with Gasteiger partial charge in [-0.15, -0.1) is 11.3 Å². The van der Waals surface area contributed by atoms with E-state index in [2.05, 4.69) is 32.7 Å². The van der Waals surface area contributed by atoms with Crippen molar-refractivity contribution in [2.45, 2.75) is 57.7 Å². The molecule has 92 valence electrons. The Morgan fingerprint density at radius 2 is 1.82 bits per heavy atom. The molecule has 0 spiro atoms. The van der Waals surface area contributed by atoms with Crippen molar-refractivity contribution < 1.29 is 9.31 Å². The van der Waals surface area contributed by atoms with E-state index in [1.165, 1.54) is 17.8 Å². The van der Waals surface area contributed by atoms with Gasteiger partial charge in [0.15, 0.2) is 0 Å². The Bertz CT molecular complexity index is 423. The summed E-state index contributed by atoms with van der Waals surface area (Å²) in [5.74, 6) is 0.705. The van der Waals surface area contributed by atoms with Gasteiger partial charge in [-0.25, -0.2) is 4.98 Å². The maximum Gasteiger partial charge on any atom is 0.507 e. The molecule has 1 aromatic heterocycles. The lowest BCUT2D eigenvalue weighted by Crippen LogP contribution is -2.41. The summed E-state index contributed by atoms with van der Waals surface area (Å²) in [6.45, 7) is 8.32. The van der Waals surface area contributed by atoms with Crippen LogP contribution in [-0.2, 0) is 9.31 Å². The van der Waals surface area contributed by atoms with Crippen LogP contribution in [0, 0.1) is 0 Å². The summed E-state index contributed by atoms with van der Waals surface area (Å²) in [6.07, 6.45) is 4.49. The predicted octanol–water partition coefficient (Wildman–Crippen LogP) is 2.32. The van der Waals surface area contributed by atoms with Gasteiger partial charge >= 0.3 is 7.12 Å². The van der Waals surface area contributed by atoms with Crippen LogP contribution in [0.15, 0.2) is 6.20 Å². The molecule has 0 atom stereocenters. The molecule has 2 fully saturated rings. The molecule has 2 heterocycles. The number of aromatic nitrogens is 1. The molecule has 0 unspecified atom stereocenters. The van der Waals surface area contributed by atoms with Crippen molar-refractivity contribution in [1.82, 2.24) is 4.98 Å². The summed E-state index contributed by atoms with van der Waals surface area (Å²) < 4.78 is 13.1. The van der Waals surface area contributed by atoms with Gasteiger partial charge in [0.05, 0.1) is 21.0 Å². The van der Waals surface area contributed by atoms with Gasteiger partial charge in [0.1, 0.15) is 0 Å². The van der Waals surface area contributed by atoms with Gasteiger partial charge in [0.2, 0.25) is 0 Å². The highest BCUT2D eigenvalue weighted by Gasteiger charge is 2.52. The lowest BCUT2D eigenvalue weighted by molar-refractivity contribution is 0.00578. The largest absolute Gasteiger partial charge is 0.507 e. The average molecular weight is 251 g/mol. The highest BCUT2D eigenvalue weighted by molar-refractivity contribution is 7.22. The van der Waals surface area contributed by atoms with E-state index in [1.54, 1.807) is 11.3 Å². The Morgan fingerprint density at radius 3 is 2.35 bits per heavy atom. The third-order valence-electron chi connectivity index (χ3n) is 3.95. The van der Waals surface area contributed by atoms with Crippen LogP contribution in [-0.4, -0.2) is 23.3 Å². The van der Waals surface area contributed by atoms with Gasteiger partial charge in [-0.2, -0.15) is 0 Å². The Balaban J connectivity index is 1.81. The zero-order chi connectivity index (χ0) is 12.3. The second-order valence-electron chi connectivity index (χ2n) is 5.96. The molecule has 2 aliphatic rings. The molecular formula is C12H18BNO2S. The smallest absolute Gasteiger partial charge is 0.399 e. The monoisotopic (exact) mass is 251 g/mol. The van der Waals surface area contributed by atoms with Crippen molar-refractivity contribution in [2.24, 2.45) is 0 Å². The second-order valence-corrected chi connectivity index (χ2v) is 7.06. The first kappa shape index (κ1) is 11.7. The van der Waals surface area contributed by atoms with Gasteiger partial charge in [-0.1, -0.05) is 0 Å². The Labute approximate surface area is 107 Å². The minimum Gasteiger partial charge on any atom is -0.399 e. The number of nitrogens with zero attached hydrogens (tertiary/aromatic N) is 1. The van der Waals surface area contributed by atoms with Crippen LogP contribution >= 0.6 is 11.3 Å². The third-order valence-corrected chi connectivity index (χ3v) is 5.14. The van der Waals surface area contributed by atoms with Crippen LogP contribution in [0.5, 0.6) is 0 Å². The minimum atomic E-state index is -0.262. The van der Waals surface area contributed by atoms with Crippen molar-refractivity contribution in [1.29, 1.82) is 0 Å². The summed E-state index contributed by atoms with van der Waals surface area (Å²) in [5, 5.41) is 1.25. The maximum absolute atomic E-state index is 6.01. The SMILES string of the molecule is CC1(C)OB(c2cnc(C3CC3)s2)OC1(C)C. The normalized spacial score (nSPS) is 26.5. The Hall–Kier alpha value is -0.385. The number of hydrogen-bond acceptors (Lipinski definition) is 4. The molecule has 5 heteroatoms. The average Bonchev–Trinajstić information content (AvgIpc) is 2.89. The Kier molecular flexibility index (Phi) is 2.45. The zero-order valence-corrected chi connectivity index (χ0v) is 11.6. The lowest BCUT2D eigenvalue weighted by Gasteiger charge is -2.32. The summed E-state index contributed by atoms with van der Waals surface area (Å²) in [5.41, 5.74) is -0.525. The fraction of sp³-hybridized carbons (Fsp3) is 0.750. The van der Waals surface area contributed by atoms with E-state index in [-0.39, 0.29) is 18.3 Å². The topological polar surface area (TPSA) is 31.4 Å². The van der Waals surface area contributed by atoms with Gasteiger partial charge in [-0.3, -0.25) is 0 Å². The molecule has 1 aliphatic heterocycles. The number of hydrogen-bond donors (Lipinski definition) is 0. The molecule has 17 heavy (non-hydrogen) atoms. The fourth-order valence-electron chi connectivity index (χ4n) is 1.89. The van der Waals surface area contributed by atoms with Crippen LogP contribution in [0.1, 0.15) is 51.5 Å². The molecule has 0 bridgehead atoms. The quantitative estimate of drug-likeness (QED) is 0.756. The summed E-state index contributed by atoms with van der Waals surface area (Å²) in [4.78, 5) is 4.48. The molecule has 1 aromatic rings. The van der Waals surface area contributed by atoms with Gasteiger partial charge in [0.25, 0.3) is 0 Å². The van der Waals surface area contributed by atoms with E-state index < -0.39 is 0 Å². The van der Waals surface area contributed by atoms with Crippen molar-refractivity contribution in [3.05, 3.63) is 11.2 Å². The van der Waals surface area contributed by atoms with Crippen molar-refractivity contribution in [3.63, 3.8) is 0 Å². The van der Waals surface area contributed by atoms with Crippen LogP contribution in [0.4, 0.5) is 0 Å². The summed E-state index contributed by atoms with van der Waals surface area (Å²) >= 11 is 1.74. The molecule has 0 aromatic carbocycles. The molecular weight excluding hydrogens is 233 g/mol. The molecule has 0 N–H and O–H groups in total.